The normalized spacial score (nSPS) is 18.8. The monoisotopic (exact) mass is 257 g/mol. The molecule has 0 bridgehead atoms. The largest absolute Gasteiger partial charge is 0.494 e. The molecule has 1 unspecified atom stereocenters. The van der Waals surface area contributed by atoms with E-state index in [-0.39, 0.29) is 0 Å². The maximum Gasteiger partial charge on any atom is 0.120 e. The van der Waals surface area contributed by atoms with E-state index in [0.717, 1.165) is 24.2 Å². The lowest BCUT2D eigenvalue weighted by Gasteiger charge is -2.25. The molecule has 1 aliphatic carbocycles. The quantitative estimate of drug-likeness (QED) is 0.870. The number of aryl methyl sites for hydroxylation is 1. The van der Waals surface area contributed by atoms with Crippen LogP contribution in [0.5, 0.6) is 5.75 Å². The lowest BCUT2D eigenvalue weighted by atomic mass is 9.80. The number of H-pyrrole nitrogens is 1. The van der Waals surface area contributed by atoms with E-state index in [0.29, 0.717) is 0 Å². The summed E-state index contributed by atoms with van der Waals surface area (Å²) in [6.07, 6.45) is 3.72. The van der Waals surface area contributed by atoms with Crippen molar-refractivity contribution in [1.29, 1.82) is 0 Å². The molecule has 3 rings (SSSR count). The lowest BCUT2D eigenvalue weighted by Crippen LogP contribution is -2.18. The van der Waals surface area contributed by atoms with Crippen LogP contribution >= 0.6 is 0 Å². The van der Waals surface area contributed by atoms with E-state index < -0.39 is 0 Å². The Labute approximate surface area is 115 Å². The Morgan fingerprint density at radius 2 is 2.21 bits per heavy atom. The van der Waals surface area contributed by atoms with Gasteiger partial charge in [-0.05, 0) is 61.8 Å². The number of ether oxygens (including phenoxy) is 1. The minimum absolute atomic E-state index is 0.729. The molecule has 0 radical (unpaired) electrons. The molecular formula is C17H23NO. The zero-order valence-corrected chi connectivity index (χ0v) is 12.1. The first-order valence-electron chi connectivity index (χ1n) is 7.45. The second kappa shape index (κ2) is 4.92. The predicted molar refractivity (Wildman–Crippen MR) is 79.8 cm³/mol. The topological polar surface area (TPSA) is 25.0 Å². The number of hydrogen-bond acceptors (Lipinski definition) is 1. The number of benzene rings is 1. The zero-order valence-electron chi connectivity index (χ0n) is 12.1. The van der Waals surface area contributed by atoms with Gasteiger partial charge in [0.1, 0.15) is 5.75 Å². The van der Waals surface area contributed by atoms with Crippen LogP contribution in [-0.4, -0.2) is 11.6 Å². The van der Waals surface area contributed by atoms with Crippen molar-refractivity contribution >= 4 is 10.9 Å². The molecule has 0 saturated heterocycles. The summed E-state index contributed by atoms with van der Waals surface area (Å²) in [5, 5.41) is 1.37. The summed E-state index contributed by atoms with van der Waals surface area (Å²) in [4.78, 5) is 3.59. The van der Waals surface area contributed by atoms with Gasteiger partial charge in [-0.3, -0.25) is 0 Å². The van der Waals surface area contributed by atoms with E-state index in [4.69, 9.17) is 4.74 Å². The Morgan fingerprint density at radius 1 is 1.37 bits per heavy atom. The van der Waals surface area contributed by atoms with Crippen molar-refractivity contribution < 1.29 is 4.74 Å². The second-order valence-corrected chi connectivity index (χ2v) is 5.97. The fraction of sp³-hybridized carbons (Fsp3) is 0.529. The van der Waals surface area contributed by atoms with Gasteiger partial charge in [0.25, 0.3) is 0 Å². The number of hydrogen-bond donors (Lipinski definition) is 1. The SMILES string of the molecule is CCOc1ccc2[nH]c3c(c2c1)CC(C(C)C)CC3. The predicted octanol–water partition coefficient (Wildman–Crippen LogP) is 4.33. The van der Waals surface area contributed by atoms with Gasteiger partial charge in [-0.15, -0.1) is 0 Å². The Bertz CT molecular complexity index is 582. The number of nitrogens with one attached hydrogen (secondary N) is 1. The molecule has 0 fully saturated rings. The first kappa shape index (κ1) is 12.6. The smallest absolute Gasteiger partial charge is 0.120 e. The Hall–Kier alpha value is -1.44. The van der Waals surface area contributed by atoms with E-state index in [2.05, 4.69) is 37.0 Å². The maximum atomic E-state index is 5.63. The van der Waals surface area contributed by atoms with Gasteiger partial charge in [0.15, 0.2) is 0 Å². The van der Waals surface area contributed by atoms with Gasteiger partial charge < -0.3 is 9.72 Å². The standard InChI is InChI=1S/C17H23NO/c1-4-19-13-6-8-17-15(10-13)14-9-12(11(2)3)5-7-16(14)18-17/h6,8,10-12,18H,4-5,7,9H2,1-3H3. The molecule has 0 aliphatic heterocycles. The molecule has 1 aliphatic rings. The summed E-state index contributed by atoms with van der Waals surface area (Å²) >= 11 is 0. The Morgan fingerprint density at radius 3 is 2.95 bits per heavy atom. The Balaban J connectivity index is 2.02. The highest BCUT2D eigenvalue weighted by Crippen LogP contribution is 2.35. The van der Waals surface area contributed by atoms with Crippen molar-refractivity contribution in [3.05, 3.63) is 29.5 Å². The average molecular weight is 257 g/mol. The average Bonchev–Trinajstić information content (AvgIpc) is 2.76. The first-order chi connectivity index (χ1) is 9.19. The third kappa shape index (κ3) is 2.24. The van der Waals surface area contributed by atoms with Crippen LogP contribution in [0.15, 0.2) is 18.2 Å². The molecule has 2 nitrogen and oxygen atoms in total. The van der Waals surface area contributed by atoms with E-state index in [9.17, 15) is 0 Å². The maximum absolute atomic E-state index is 5.63. The zero-order chi connectivity index (χ0) is 13.4. The molecule has 0 saturated carbocycles. The Kier molecular flexibility index (Phi) is 3.26. The van der Waals surface area contributed by atoms with Gasteiger partial charge in [0, 0.05) is 16.6 Å². The van der Waals surface area contributed by atoms with Crippen LogP contribution in [0.1, 0.15) is 38.4 Å². The van der Waals surface area contributed by atoms with E-state index in [1.165, 1.54) is 41.4 Å². The molecule has 19 heavy (non-hydrogen) atoms. The lowest BCUT2D eigenvalue weighted by molar-refractivity contribution is 0.340. The summed E-state index contributed by atoms with van der Waals surface area (Å²) < 4.78 is 5.63. The van der Waals surface area contributed by atoms with Crippen molar-refractivity contribution in [2.45, 2.75) is 40.0 Å². The van der Waals surface area contributed by atoms with Crippen molar-refractivity contribution in [3.8, 4) is 5.75 Å². The van der Waals surface area contributed by atoms with Crippen LogP contribution in [-0.2, 0) is 12.8 Å². The van der Waals surface area contributed by atoms with Crippen LogP contribution in [0.3, 0.4) is 0 Å². The molecule has 102 valence electrons. The van der Waals surface area contributed by atoms with Gasteiger partial charge in [0.2, 0.25) is 0 Å². The molecule has 1 aromatic heterocycles. The van der Waals surface area contributed by atoms with Crippen LogP contribution in [0.25, 0.3) is 10.9 Å². The molecule has 2 heteroatoms. The van der Waals surface area contributed by atoms with Crippen LogP contribution in [0, 0.1) is 11.8 Å². The molecule has 1 aromatic carbocycles. The fourth-order valence-corrected chi connectivity index (χ4v) is 3.25. The number of rotatable bonds is 3. The van der Waals surface area contributed by atoms with Crippen molar-refractivity contribution in [3.63, 3.8) is 0 Å². The number of aromatic nitrogens is 1. The van der Waals surface area contributed by atoms with E-state index >= 15 is 0 Å². The third-order valence-electron chi connectivity index (χ3n) is 4.45. The molecule has 2 aromatic rings. The summed E-state index contributed by atoms with van der Waals surface area (Å²) in [5.74, 6) is 2.58. The van der Waals surface area contributed by atoms with Gasteiger partial charge in [0.05, 0.1) is 6.61 Å². The summed E-state index contributed by atoms with van der Waals surface area (Å²) in [5.41, 5.74) is 4.24. The second-order valence-electron chi connectivity index (χ2n) is 5.97. The van der Waals surface area contributed by atoms with Crippen molar-refractivity contribution in [2.75, 3.05) is 6.61 Å². The van der Waals surface area contributed by atoms with Gasteiger partial charge in [-0.2, -0.15) is 0 Å². The van der Waals surface area contributed by atoms with Gasteiger partial charge in [-0.25, -0.2) is 0 Å². The fourth-order valence-electron chi connectivity index (χ4n) is 3.25. The summed E-state index contributed by atoms with van der Waals surface area (Å²) in [7, 11) is 0. The highest BCUT2D eigenvalue weighted by molar-refractivity contribution is 5.86. The molecule has 0 amide bonds. The van der Waals surface area contributed by atoms with E-state index in [1.54, 1.807) is 0 Å². The molecule has 1 N–H and O–H groups in total. The van der Waals surface area contributed by atoms with Crippen molar-refractivity contribution in [2.24, 2.45) is 11.8 Å². The molecular weight excluding hydrogens is 234 g/mol. The number of aromatic amines is 1. The molecule has 0 spiro atoms. The minimum atomic E-state index is 0.729. The van der Waals surface area contributed by atoms with Crippen LogP contribution in [0.2, 0.25) is 0 Å². The number of fused-ring (bicyclic) bond motifs is 3. The van der Waals surface area contributed by atoms with Gasteiger partial charge in [-0.1, -0.05) is 13.8 Å². The van der Waals surface area contributed by atoms with E-state index in [1.807, 2.05) is 6.92 Å². The molecule has 1 heterocycles. The van der Waals surface area contributed by atoms with Gasteiger partial charge >= 0.3 is 0 Å². The van der Waals surface area contributed by atoms with Crippen LogP contribution in [0.4, 0.5) is 0 Å². The minimum Gasteiger partial charge on any atom is -0.494 e. The highest BCUT2D eigenvalue weighted by atomic mass is 16.5. The van der Waals surface area contributed by atoms with Crippen molar-refractivity contribution in [1.82, 2.24) is 4.98 Å². The first-order valence-corrected chi connectivity index (χ1v) is 7.45. The summed E-state index contributed by atoms with van der Waals surface area (Å²) in [6.45, 7) is 7.45. The third-order valence-corrected chi connectivity index (χ3v) is 4.45. The molecule has 1 atom stereocenters. The van der Waals surface area contributed by atoms with Crippen LogP contribution < -0.4 is 4.74 Å². The highest BCUT2D eigenvalue weighted by Gasteiger charge is 2.24. The summed E-state index contributed by atoms with van der Waals surface area (Å²) in [6, 6.07) is 6.42.